The molecule has 1 aliphatic heterocycles. The molecular formula is C13H22N4O2S. The van der Waals surface area contributed by atoms with E-state index >= 15 is 0 Å². The number of pyridine rings is 1. The van der Waals surface area contributed by atoms with Gasteiger partial charge in [0.2, 0.25) is 10.0 Å². The standard InChI is InChI=1S/C13H22N4O2S/c1-3-7-14-12-5-4-6-13(15-12)16-8-10-17(11-9-16)20(2,18)19/h4-6H,3,7-11H2,1-2H3,(H,14,15). The maximum Gasteiger partial charge on any atom is 0.211 e. The number of aromatic nitrogens is 1. The molecule has 7 heteroatoms. The summed E-state index contributed by atoms with van der Waals surface area (Å²) >= 11 is 0. The Balaban J connectivity index is 2.00. The second-order valence-electron chi connectivity index (χ2n) is 4.96. The number of rotatable bonds is 5. The monoisotopic (exact) mass is 298 g/mol. The third kappa shape index (κ3) is 3.83. The number of anilines is 2. The fraction of sp³-hybridized carbons (Fsp3) is 0.615. The van der Waals surface area contributed by atoms with Crippen LogP contribution in [0.4, 0.5) is 11.6 Å². The summed E-state index contributed by atoms with van der Waals surface area (Å²) in [5, 5.41) is 3.26. The predicted octanol–water partition coefficient (Wildman–Crippen LogP) is 0.985. The first-order chi connectivity index (χ1) is 9.50. The normalized spacial score (nSPS) is 17.2. The topological polar surface area (TPSA) is 65.5 Å². The van der Waals surface area contributed by atoms with Crippen LogP contribution in [0.2, 0.25) is 0 Å². The van der Waals surface area contributed by atoms with Gasteiger partial charge in [0.1, 0.15) is 11.6 Å². The van der Waals surface area contributed by atoms with Crippen LogP contribution in [0.25, 0.3) is 0 Å². The fourth-order valence-corrected chi connectivity index (χ4v) is 3.03. The molecule has 0 atom stereocenters. The molecular weight excluding hydrogens is 276 g/mol. The van der Waals surface area contributed by atoms with E-state index in [0.29, 0.717) is 26.2 Å². The van der Waals surface area contributed by atoms with Crippen LogP contribution in [-0.4, -0.2) is 56.7 Å². The summed E-state index contributed by atoms with van der Waals surface area (Å²) in [5.74, 6) is 1.77. The van der Waals surface area contributed by atoms with Gasteiger partial charge >= 0.3 is 0 Å². The zero-order valence-corrected chi connectivity index (χ0v) is 12.9. The quantitative estimate of drug-likeness (QED) is 0.878. The molecule has 0 amide bonds. The maximum atomic E-state index is 11.5. The lowest BCUT2D eigenvalue weighted by atomic mass is 10.3. The number of piperazine rings is 1. The molecule has 0 radical (unpaired) electrons. The minimum absolute atomic E-state index is 0.521. The smallest absolute Gasteiger partial charge is 0.211 e. The largest absolute Gasteiger partial charge is 0.370 e. The molecule has 0 unspecified atom stereocenters. The van der Waals surface area contributed by atoms with E-state index in [2.05, 4.69) is 22.1 Å². The van der Waals surface area contributed by atoms with Crippen molar-refractivity contribution in [2.24, 2.45) is 0 Å². The Morgan fingerprint density at radius 1 is 1.25 bits per heavy atom. The highest BCUT2D eigenvalue weighted by Crippen LogP contribution is 2.17. The van der Waals surface area contributed by atoms with Gasteiger partial charge in [0.05, 0.1) is 6.26 Å². The summed E-state index contributed by atoms with van der Waals surface area (Å²) in [7, 11) is -3.08. The Hall–Kier alpha value is -1.34. The predicted molar refractivity (Wildman–Crippen MR) is 81.6 cm³/mol. The van der Waals surface area contributed by atoms with E-state index in [4.69, 9.17) is 0 Å². The summed E-state index contributed by atoms with van der Waals surface area (Å²) < 4.78 is 24.5. The van der Waals surface area contributed by atoms with E-state index in [0.717, 1.165) is 24.6 Å². The summed E-state index contributed by atoms with van der Waals surface area (Å²) in [6.45, 7) is 5.41. The van der Waals surface area contributed by atoms with Gasteiger partial charge in [-0.15, -0.1) is 0 Å². The first-order valence-corrected chi connectivity index (χ1v) is 8.76. The van der Waals surface area contributed by atoms with Gasteiger partial charge in [0.25, 0.3) is 0 Å². The van der Waals surface area contributed by atoms with E-state index in [-0.39, 0.29) is 0 Å². The van der Waals surface area contributed by atoms with Crippen molar-refractivity contribution in [1.82, 2.24) is 9.29 Å². The van der Waals surface area contributed by atoms with Gasteiger partial charge in [-0.1, -0.05) is 13.0 Å². The number of hydrogen-bond acceptors (Lipinski definition) is 5. The average Bonchev–Trinajstić information content (AvgIpc) is 2.45. The molecule has 0 bridgehead atoms. The average molecular weight is 298 g/mol. The molecule has 20 heavy (non-hydrogen) atoms. The number of hydrogen-bond donors (Lipinski definition) is 1. The molecule has 0 aliphatic carbocycles. The maximum absolute atomic E-state index is 11.5. The third-order valence-corrected chi connectivity index (χ3v) is 4.63. The van der Waals surface area contributed by atoms with Crippen molar-refractivity contribution in [1.29, 1.82) is 0 Å². The highest BCUT2D eigenvalue weighted by molar-refractivity contribution is 7.88. The third-order valence-electron chi connectivity index (χ3n) is 3.32. The highest BCUT2D eigenvalue weighted by Gasteiger charge is 2.23. The minimum Gasteiger partial charge on any atom is -0.370 e. The van der Waals surface area contributed by atoms with Crippen LogP contribution < -0.4 is 10.2 Å². The number of sulfonamides is 1. The van der Waals surface area contributed by atoms with Crippen molar-refractivity contribution in [3.8, 4) is 0 Å². The van der Waals surface area contributed by atoms with Gasteiger partial charge in [0, 0.05) is 32.7 Å². The Morgan fingerprint density at radius 2 is 1.95 bits per heavy atom. The van der Waals surface area contributed by atoms with E-state index in [1.807, 2.05) is 18.2 Å². The zero-order chi connectivity index (χ0) is 14.6. The molecule has 1 aliphatic rings. The second-order valence-corrected chi connectivity index (χ2v) is 6.94. The van der Waals surface area contributed by atoms with E-state index < -0.39 is 10.0 Å². The molecule has 112 valence electrons. The van der Waals surface area contributed by atoms with E-state index in [1.54, 1.807) is 0 Å². The molecule has 6 nitrogen and oxygen atoms in total. The van der Waals surface area contributed by atoms with Crippen LogP contribution in [0.5, 0.6) is 0 Å². The van der Waals surface area contributed by atoms with Crippen LogP contribution >= 0.6 is 0 Å². The summed E-state index contributed by atoms with van der Waals surface area (Å²) in [5.41, 5.74) is 0. The summed E-state index contributed by atoms with van der Waals surface area (Å²) in [4.78, 5) is 6.69. The lowest BCUT2D eigenvalue weighted by molar-refractivity contribution is 0.387. The van der Waals surface area contributed by atoms with Gasteiger partial charge in [0.15, 0.2) is 0 Å². The minimum atomic E-state index is -3.08. The van der Waals surface area contributed by atoms with Crippen molar-refractivity contribution < 1.29 is 8.42 Å². The van der Waals surface area contributed by atoms with Crippen molar-refractivity contribution in [3.05, 3.63) is 18.2 Å². The lowest BCUT2D eigenvalue weighted by Crippen LogP contribution is -2.48. The van der Waals surface area contributed by atoms with Crippen LogP contribution in [0.15, 0.2) is 18.2 Å². The fourth-order valence-electron chi connectivity index (χ4n) is 2.20. The second kappa shape index (κ2) is 6.41. The van der Waals surface area contributed by atoms with Crippen molar-refractivity contribution in [2.45, 2.75) is 13.3 Å². The van der Waals surface area contributed by atoms with Gasteiger partial charge in [-0.05, 0) is 18.6 Å². The molecule has 1 aromatic heterocycles. The molecule has 2 heterocycles. The molecule has 1 fully saturated rings. The Bertz CT molecular complexity index is 539. The highest BCUT2D eigenvalue weighted by atomic mass is 32.2. The Kier molecular flexibility index (Phi) is 4.82. The lowest BCUT2D eigenvalue weighted by Gasteiger charge is -2.34. The van der Waals surface area contributed by atoms with Crippen molar-refractivity contribution >= 4 is 21.7 Å². The number of nitrogens with one attached hydrogen (secondary N) is 1. The van der Waals surface area contributed by atoms with Gasteiger partial charge in [-0.25, -0.2) is 13.4 Å². The molecule has 1 N–H and O–H groups in total. The Labute approximate surface area is 120 Å². The molecule has 0 aromatic carbocycles. The number of nitrogens with zero attached hydrogens (tertiary/aromatic N) is 3. The van der Waals surface area contributed by atoms with E-state index in [1.165, 1.54) is 10.6 Å². The SMILES string of the molecule is CCCNc1cccc(N2CCN(S(C)(=O)=O)CC2)n1. The Morgan fingerprint density at radius 3 is 2.55 bits per heavy atom. The molecule has 0 spiro atoms. The summed E-state index contributed by atoms with van der Waals surface area (Å²) in [6.07, 6.45) is 2.31. The van der Waals surface area contributed by atoms with Crippen LogP contribution in [-0.2, 0) is 10.0 Å². The van der Waals surface area contributed by atoms with Crippen LogP contribution in [0, 0.1) is 0 Å². The van der Waals surface area contributed by atoms with Crippen LogP contribution in [0.1, 0.15) is 13.3 Å². The molecule has 1 aromatic rings. The van der Waals surface area contributed by atoms with E-state index in [9.17, 15) is 8.42 Å². The van der Waals surface area contributed by atoms with Crippen molar-refractivity contribution in [2.75, 3.05) is 49.2 Å². The zero-order valence-electron chi connectivity index (χ0n) is 12.0. The summed E-state index contributed by atoms with van der Waals surface area (Å²) in [6, 6.07) is 5.89. The van der Waals surface area contributed by atoms with Gasteiger partial charge < -0.3 is 10.2 Å². The van der Waals surface area contributed by atoms with Crippen molar-refractivity contribution in [3.63, 3.8) is 0 Å². The molecule has 1 saturated heterocycles. The first-order valence-electron chi connectivity index (χ1n) is 6.91. The van der Waals surface area contributed by atoms with Gasteiger partial charge in [-0.2, -0.15) is 4.31 Å². The van der Waals surface area contributed by atoms with Gasteiger partial charge in [-0.3, -0.25) is 0 Å². The van der Waals surface area contributed by atoms with Crippen LogP contribution in [0.3, 0.4) is 0 Å². The molecule has 2 rings (SSSR count). The molecule has 0 saturated carbocycles. The first kappa shape index (κ1) is 15.1.